The minimum absolute atomic E-state index is 0.0524. The van der Waals surface area contributed by atoms with E-state index in [4.69, 9.17) is 10.5 Å². The van der Waals surface area contributed by atoms with Gasteiger partial charge in [0.1, 0.15) is 5.75 Å². The predicted molar refractivity (Wildman–Crippen MR) is 60.0 cm³/mol. The van der Waals surface area contributed by atoms with Crippen LogP contribution in [0.2, 0.25) is 0 Å². The molecule has 0 spiro atoms. The molecular weight excluding hydrogens is 212 g/mol. The molecule has 0 aliphatic heterocycles. The van der Waals surface area contributed by atoms with Gasteiger partial charge in [-0.15, -0.1) is 0 Å². The number of aryl methyl sites for hydroxylation is 2. The van der Waals surface area contributed by atoms with Crippen LogP contribution in [0.1, 0.15) is 23.1 Å². The van der Waals surface area contributed by atoms with Crippen molar-refractivity contribution < 1.29 is 13.5 Å². The molecule has 90 valence electrons. The topological polar surface area (TPSA) is 35.2 Å². The van der Waals surface area contributed by atoms with E-state index in [0.717, 1.165) is 5.56 Å². The van der Waals surface area contributed by atoms with Crippen LogP contribution in [0.5, 0.6) is 5.75 Å². The molecule has 2 nitrogen and oxygen atoms in total. The van der Waals surface area contributed by atoms with Crippen molar-refractivity contribution in [1.82, 2.24) is 0 Å². The number of benzene rings is 1. The Morgan fingerprint density at radius 2 is 1.94 bits per heavy atom. The van der Waals surface area contributed by atoms with E-state index in [0.29, 0.717) is 5.56 Å². The monoisotopic (exact) mass is 229 g/mol. The number of nitrogens with two attached hydrogens (primary N) is 1. The highest BCUT2D eigenvalue weighted by Gasteiger charge is 2.34. The summed E-state index contributed by atoms with van der Waals surface area (Å²) in [6.45, 7) is 3.49. The van der Waals surface area contributed by atoms with Crippen LogP contribution in [0.4, 0.5) is 8.78 Å². The summed E-state index contributed by atoms with van der Waals surface area (Å²) in [6.07, 6.45) is -0.369. The van der Waals surface area contributed by atoms with Crippen LogP contribution in [0.15, 0.2) is 12.1 Å². The van der Waals surface area contributed by atoms with E-state index in [1.54, 1.807) is 13.8 Å². The van der Waals surface area contributed by atoms with Crippen molar-refractivity contribution in [1.29, 1.82) is 0 Å². The third-order valence-electron chi connectivity index (χ3n) is 2.48. The number of methoxy groups -OCH3 is 1. The van der Waals surface area contributed by atoms with Crippen LogP contribution < -0.4 is 10.5 Å². The summed E-state index contributed by atoms with van der Waals surface area (Å²) >= 11 is 0. The Morgan fingerprint density at radius 3 is 2.44 bits per heavy atom. The van der Waals surface area contributed by atoms with Gasteiger partial charge in [0.15, 0.2) is 0 Å². The molecule has 2 N–H and O–H groups in total. The fraction of sp³-hybridized carbons (Fsp3) is 0.500. The van der Waals surface area contributed by atoms with Gasteiger partial charge in [0, 0.05) is 6.42 Å². The molecule has 0 aliphatic rings. The number of rotatable bonds is 4. The molecule has 0 atom stereocenters. The fourth-order valence-corrected chi connectivity index (χ4v) is 1.81. The Morgan fingerprint density at radius 1 is 1.31 bits per heavy atom. The Balaban J connectivity index is 3.30. The molecule has 0 unspecified atom stereocenters. The highest BCUT2D eigenvalue weighted by atomic mass is 19.3. The lowest BCUT2D eigenvalue weighted by molar-refractivity contribution is -0.0129. The van der Waals surface area contributed by atoms with E-state index in [-0.39, 0.29) is 24.3 Å². The van der Waals surface area contributed by atoms with Gasteiger partial charge in [-0.2, -0.15) is 0 Å². The number of halogens is 2. The lowest BCUT2D eigenvalue weighted by Gasteiger charge is -2.20. The Hall–Kier alpha value is -1.16. The molecule has 0 radical (unpaired) electrons. The van der Waals surface area contributed by atoms with E-state index in [1.807, 2.05) is 6.07 Å². The average molecular weight is 229 g/mol. The summed E-state index contributed by atoms with van der Waals surface area (Å²) in [4.78, 5) is 0. The normalized spacial score (nSPS) is 11.6. The van der Waals surface area contributed by atoms with Gasteiger partial charge >= 0.3 is 0 Å². The summed E-state index contributed by atoms with van der Waals surface area (Å²) in [7, 11) is 1.40. The maximum absolute atomic E-state index is 13.8. The second kappa shape index (κ2) is 4.78. The quantitative estimate of drug-likeness (QED) is 0.861. The van der Waals surface area contributed by atoms with E-state index < -0.39 is 5.92 Å². The van der Waals surface area contributed by atoms with Crippen molar-refractivity contribution in [3.8, 4) is 5.75 Å². The molecule has 1 aromatic carbocycles. The SMILES string of the molecule is COc1c(C)cc(C)cc1C(F)(F)CCN. The summed E-state index contributed by atoms with van der Waals surface area (Å²) in [5.41, 5.74) is 6.64. The number of alkyl halides is 2. The van der Waals surface area contributed by atoms with Gasteiger partial charge in [0.05, 0.1) is 12.7 Å². The minimum atomic E-state index is -2.93. The highest BCUT2D eigenvalue weighted by Crippen LogP contribution is 2.39. The van der Waals surface area contributed by atoms with Crippen LogP contribution in [0.3, 0.4) is 0 Å². The largest absolute Gasteiger partial charge is 0.496 e. The average Bonchev–Trinajstić information content (AvgIpc) is 2.16. The zero-order valence-corrected chi connectivity index (χ0v) is 9.81. The van der Waals surface area contributed by atoms with Gasteiger partial charge < -0.3 is 10.5 Å². The first-order valence-corrected chi connectivity index (χ1v) is 5.16. The van der Waals surface area contributed by atoms with Crippen molar-refractivity contribution >= 4 is 0 Å². The van der Waals surface area contributed by atoms with Crippen LogP contribution in [-0.2, 0) is 5.92 Å². The fourth-order valence-electron chi connectivity index (χ4n) is 1.81. The molecule has 0 fully saturated rings. The maximum atomic E-state index is 13.8. The molecule has 1 rings (SSSR count). The Bertz CT molecular complexity index is 378. The lowest BCUT2D eigenvalue weighted by Crippen LogP contribution is -2.20. The van der Waals surface area contributed by atoms with E-state index in [2.05, 4.69) is 0 Å². The third-order valence-corrected chi connectivity index (χ3v) is 2.48. The molecule has 0 bridgehead atoms. The van der Waals surface area contributed by atoms with Crippen molar-refractivity contribution in [3.05, 3.63) is 28.8 Å². The van der Waals surface area contributed by atoms with Crippen molar-refractivity contribution in [2.75, 3.05) is 13.7 Å². The van der Waals surface area contributed by atoms with Gasteiger partial charge in [0.2, 0.25) is 0 Å². The van der Waals surface area contributed by atoms with Crippen LogP contribution in [0.25, 0.3) is 0 Å². The maximum Gasteiger partial charge on any atom is 0.278 e. The Kier molecular flexibility index (Phi) is 3.86. The Labute approximate surface area is 94.4 Å². The summed E-state index contributed by atoms with van der Waals surface area (Å²) in [5.74, 6) is -2.68. The molecule has 1 aromatic rings. The van der Waals surface area contributed by atoms with Crippen molar-refractivity contribution in [3.63, 3.8) is 0 Å². The first-order chi connectivity index (χ1) is 7.42. The third kappa shape index (κ3) is 2.50. The number of hydrogen-bond acceptors (Lipinski definition) is 2. The second-order valence-corrected chi connectivity index (χ2v) is 3.91. The van der Waals surface area contributed by atoms with Gasteiger partial charge in [-0.1, -0.05) is 11.6 Å². The standard InChI is InChI=1S/C12H17F2NO/c1-8-6-9(2)11(16-3)10(7-8)12(13,14)4-5-15/h6-7H,4-5,15H2,1-3H3. The minimum Gasteiger partial charge on any atom is -0.496 e. The first kappa shape index (κ1) is 12.9. The smallest absolute Gasteiger partial charge is 0.278 e. The van der Waals surface area contributed by atoms with Crippen LogP contribution in [-0.4, -0.2) is 13.7 Å². The summed E-state index contributed by atoms with van der Waals surface area (Å²) in [6, 6.07) is 3.28. The predicted octanol–water partition coefficient (Wildman–Crippen LogP) is 2.75. The molecule has 0 aromatic heterocycles. The van der Waals surface area contributed by atoms with Gasteiger partial charge in [-0.3, -0.25) is 0 Å². The number of hydrogen-bond donors (Lipinski definition) is 1. The first-order valence-electron chi connectivity index (χ1n) is 5.16. The van der Waals surface area contributed by atoms with Gasteiger partial charge in [-0.05, 0) is 32.0 Å². The van der Waals surface area contributed by atoms with Gasteiger partial charge in [-0.25, -0.2) is 8.78 Å². The van der Waals surface area contributed by atoms with E-state index >= 15 is 0 Å². The summed E-state index contributed by atoms with van der Waals surface area (Å²) in [5, 5.41) is 0. The molecule has 0 heterocycles. The lowest BCUT2D eigenvalue weighted by atomic mass is 9.98. The van der Waals surface area contributed by atoms with Crippen molar-refractivity contribution in [2.45, 2.75) is 26.2 Å². The highest BCUT2D eigenvalue weighted by molar-refractivity contribution is 5.46. The van der Waals surface area contributed by atoms with Crippen LogP contribution in [0, 0.1) is 13.8 Å². The molecule has 16 heavy (non-hydrogen) atoms. The molecular formula is C12H17F2NO. The van der Waals surface area contributed by atoms with Crippen LogP contribution >= 0.6 is 0 Å². The van der Waals surface area contributed by atoms with E-state index in [9.17, 15) is 8.78 Å². The molecule has 0 saturated heterocycles. The molecule has 0 aliphatic carbocycles. The van der Waals surface area contributed by atoms with Gasteiger partial charge in [0.25, 0.3) is 5.92 Å². The molecule has 0 saturated carbocycles. The molecule has 0 amide bonds. The summed E-state index contributed by atoms with van der Waals surface area (Å²) < 4.78 is 32.7. The number of ether oxygens (including phenoxy) is 1. The zero-order valence-electron chi connectivity index (χ0n) is 9.81. The zero-order chi connectivity index (χ0) is 12.3. The van der Waals surface area contributed by atoms with Crippen molar-refractivity contribution in [2.24, 2.45) is 5.73 Å². The molecule has 4 heteroatoms. The van der Waals surface area contributed by atoms with E-state index in [1.165, 1.54) is 13.2 Å². The second-order valence-electron chi connectivity index (χ2n) is 3.91.